The maximum Gasteiger partial charge on any atom is 0.346 e. The lowest BCUT2D eigenvalue weighted by molar-refractivity contribution is -0.593. The first kappa shape index (κ1) is 14.2. The predicted molar refractivity (Wildman–Crippen MR) is 84.2 cm³/mol. The van der Waals surface area contributed by atoms with E-state index in [1.54, 1.807) is 0 Å². The van der Waals surface area contributed by atoms with Crippen LogP contribution >= 0.6 is 0 Å². The summed E-state index contributed by atoms with van der Waals surface area (Å²) in [6.07, 6.45) is 13.6. The molecule has 1 saturated heterocycles. The van der Waals surface area contributed by atoms with Crippen LogP contribution in [0.3, 0.4) is 0 Å². The van der Waals surface area contributed by atoms with Gasteiger partial charge in [-0.05, 0) is 25.7 Å². The van der Waals surface area contributed by atoms with E-state index in [1.807, 2.05) is 0 Å². The Hall–Kier alpha value is -0.730. The first-order valence-corrected chi connectivity index (χ1v) is 9.00. The molecule has 0 bridgehead atoms. The maximum absolute atomic E-state index is 3.83. The van der Waals surface area contributed by atoms with Gasteiger partial charge in [0.25, 0.3) is 0 Å². The van der Waals surface area contributed by atoms with Gasteiger partial charge in [0.05, 0.1) is 24.2 Å². The van der Waals surface area contributed by atoms with Gasteiger partial charge < -0.3 is 0 Å². The summed E-state index contributed by atoms with van der Waals surface area (Å²) in [7, 11) is 0. The molecule has 3 aliphatic heterocycles. The van der Waals surface area contributed by atoms with E-state index in [2.05, 4.69) is 29.1 Å². The van der Waals surface area contributed by atoms with Gasteiger partial charge in [0, 0.05) is 12.8 Å². The van der Waals surface area contributed by atoms with Crippen LogP contribution in [0.1, 0.15) is 78.1 Å². The molecule has 0 saturated carbocycles. The molecule has 0 unspecified atom stereocenters. The fraction of sp³-hybridized carbons (Fsp3) is 0.941. The Morgan fingerprint density at radius 2 is 1.40 bits per heavy atom. The molecule has 0 spiro atoms. The molecule has 4 atom stereocenters. The van der Waals surface area contributed by atoms with Crippen LogP contribution < -0.4 is 10.6 Å². The number of rotatable bonds is 6. The molecule has 0 radical (unpaired) electrons. The Morgan fingerprint density at radius 1 is 0.900 bits per heavy atom. The summed E-state index contributed by atoms with van der Waals surface area (Å²) in [5.74, 6) is 1.39. The third kappa shape index (κ3) is 2.82. The van der Waals surface area contributed by atoms with Gasteiger partial charge in [0.1, 0.15) is 0 Å². The Balaban J connectivity index is 1.68. The van der Waals surface area contributed by atoms with Gasteiger partial charge in [0.15, 0.2) is 0 Å². The molecule has 20 heavy (non-hydrogen) atoms. The Labute approximate surface area is 124 Å². The second-order valence-electron chi connectivity index (χ2n) is 7.08. The van der Waals surface area contributed by atoms with Crippen LogP contribution in [0.5, 0.6) is 0 Å². The Kier molecular flexibility index (Phi) is 4.52. The van der Waals surface area contributed by atoms with Crippen molar-refractivity contribution in [3.8, 4) is 0 Å². The molecule has 2 N–H and O–H groups in total. The quantitative estimate of drug-likeness (QED) is 0.731. The lowest BCUT2D eigenvalue weighted by Gasteiger charge is -2.36. The minimum Gasteiger partial charge on any atom is -0.275 e. The van der Waals surface area contributed by atoms with Crippen molar-refractivity contribution in [2.75, 3.05) is 0 Å². The lowest BCUT2D eigenvalue weighted by Crippen LogP contribution is -2.62. The molecule has 0 aromatic rings. The highest BCUT2D eigenvalue weighted by atomic mass is 15.3. The largest absolute Gasteiger partial charge is 0.346 e. The van der Waals surface area contributed by atoms with Crippen LogP contribution in [0, 0.1) is 0 Å². The van der Waals surface area contributed by atoms with Gasteiger partial charge >= 0.3 is 5.96 Å². The standard InChI is InChI=1S/C17H31N3/c1-3-5-7-13-11-15-9-10-16-12-14(8-6-4-2)19-17(18-13)20(15)16/h13-16H,3-12H2,1-2H3,(H,18,19)/p+1/t13-,14+,15+,16-. The molecule has 3 rings (SSSR count). The van der Waals surface area contributed by atoms with Gasteiger partial charge in [-0.3, -0.25) is 15.2 Å². The molecule has 3 aliphatic rings. The van der Waals surface area contributed by atoms with E-state index >= 15 is 0 Å². The SMILES string of the molecule is CCCC[C@@H]1C[C@@H]2CC[C@@H]3C[C@H](CCCC)NC(=[N+]32)N1. The Bertz CT molecular complexity index is 331. The third-order valence-corrected chi connectivity index (χ3v) is 5.49. The zero-order valence-electron chi connectivity index (χ0n) is 13.3. The summed E-state index contributed by atoms with van der Waals surface area (Å²) in [6.45, 7) is 4.60. The zero-order chi connectivity index (χ0) is 13.9. The van der Waals surface area contributed by atoms with Gasteiger partial charge in [-0.15, -0.1) is 0 Å². The van der Waals surface area contributed by atoms with E-state index in [4.69, 9.17) is 0 Å². The van der Waals surface area contributed by atoms with Crippen molar-refractivity contribution in [1.29, 1.82) is 0 Å². The molecule has 114 valence electrons. The van der Waals surface area contributed by atoms with Crippen LogP contribution in [0.2, 0.25) is 0 Å². The van der Waals surface area contributed by atoms with Gasteiger partial charge in [-0.25, -0.2) is 0 Å². The lowest BCUT2D eigenvalue weighted by atomic mass is 9.98. The minimum absolute atomic E-state index is 0.711. The smallest absolute Gasteiger partial charge is 0.275 e. The molecular formula is C17H32N3+. The van der Waals surface area contributed by atoms with Crippen molar-refractivity contribution in [3.63, 3.8) is 0 Å². The number of unbranched alkanes of at least 4 members (excludes halogenated alkanes) is 2. The highest BCUT2D eigenvalue weighted by molar-refractivity contribution is 5.76. The van der Waals surface area contributed by atoms with Crippen molar-refractivity contribution in [1.82, 2.24) is 10.6 Å². The fourth-order valence-corrected chi connectivity index (χ4v) is 4.42. The molecule has 0 aromatic heterocycles. The van der Waals surface area contributed by atoms with Crippen molar-refractivity contribution < 1.29 is 4.58 Å². The van der Waals surface area contributed by atoms with Gasteiger partial charge in [-0.2, -0.15) is 0 Å². The summed E-state index contributed by atoms with van der Waals surface area (Å²) < 4.78 is 2.70. The fourth-order valence-electron chi connectivity index (χ4n) is 4.42. The van der Waals surface area contributed by atoms with E-state index in [0.717, 1.165) is 12.1 Å². The molecular weight excluding hydrogens is 246 g/mol. The van der Waals surface area contributed by atoms with Crippen molar-refractivity contribution in [2.24, 2.45) is 0 Å². The monoisotopic (exact) mass is 278 g/mol. The van der Waals surface area contributed by atoms with Crippen LogP contribution in [0.4, 0.5) is 0 Å². The normalized spacial score (nSPS) is 35.5. The minimum atomic E-state index is 0.711. The van der Waals surface area contributed by atoms with E-state index < -0.39 is 0 Å². The first-order chi connectivity index (χ1) is 9.81. The van der Waals surface area contributed by atoms with E-state index in [9.17, 15) is 0 Å². The van der Waals surface area contributed by atoms with Crippen molar-refractivity contribution in [2.45, 2.75) is 102 Å². The topological polar surface area (TPSA) is 27.1 Å². The van der Waals surface area contributed by atoms with E-state index in [0.29, 0.717) is 12.1 Å². The molecule has 3 nitrogen and oxygen atoms in total. The second kappa shape index (κ2) is 6.36. The number of hydrogen-bond donors (Lipinski definition) is 2. The highest BCUT2D eigenvalue weighted by Crippen LogP contribution is 2.32. The second-order valence-corrected chi connectivity index (χ2v) is 7.08. The number of nitrogens with zero attached hydrogens (tertiary/aromatic N) is 1. The van der Waals surface area contributed by atoms with Crippen LogP contribution in [-0.2, 0) is 0 Å². The van der Waals surface area contributed by atoms with Crippen molar-refractivity contribution >= 4 is 5.96 Å². The number of nitrogens with one attached hydrogen (secondary N) is 2. The van der Waals surface area contributed by atoms with Gasteiger partial charge in [0.2, 0.25) is 0 Å². The molecule has 3 heterocycles. The predicted octanol–water partition coefficient (Wildman–Crippen LogP) is 2.99. The maximum atomic E-state index is 3.83. The summed E-state index contributed by atoms with van der Waals surface area (Å²) in [6, 6.07) is 3.06. The van der Waals surface area contributed by atoms with Gasteiger partial charge in [-0.1, -0.05) is 39.5 Å². The van der Waals surface area contributed by atoms with Crippen LogP contribution in [-0.4, -0.2) is 34.7 Å². The summed E-state index contributed by atoms with van der Waals surface area (Å²) in [4.78, 5) is 0. The number of hydrogen-bond acceptors (Lipinski definition) is 2. The van der Waals surface area contributed by atoms with Crippen LogP contribution in [0.15, 0.2) is 0 Å². The number of guanidine groups is 1. The summed E-state index contributed by atoms with van der Waals surface area (Å²) >= 11 is 0. The molecule has 0 aliphatic carbocycles. The zero-order valence-corrected chi connectivity index (χ0v) is 13.3. The molecule has 0 amide bonds. The summed E-state index contributed by atoms with van der Waals surface area (Å²) in [5, 5.41) is 7.66. The molecule has 3 heteroatoms. The summed E-state index contributed by atoms with van der Waals surface area (Å²) in [5.41, 5.74) is 0. The Morgan fingerprint density at radius 3 is 1.85 bits per heavy atom. The van der Waals surface area contributed by atoms with E-state index in [1.165, 1.54) is 70.2 Å². The first-order valence-electron chi connectivity index (χ1n) is 9.00. The average molecular weight is 278 g/mol. The third-order valence-electron chi connectivity index (χ3n) is 5.49. The van der Waals surface area contributed by atoms with E-state index in [-0.39, 0.29) is 0 Å². The highest BCUT2D eigenvalue weighted by Gasteiger charge is 2.45. The van der Waals surface area contributed by atoms with Crippen molar-refractivity contribution in [3.05, 3.63) is 0 Å². The van der Waals surface area contributed by atoms with Crippen LogP contribution in [0.25, 0.3) is 0 Å². The molecule has 0 aromatic carbocycles. The molecule has 1 fully saturated rings. The average Bonchev–Trinajstić information content (AvgIpc) is 2.87.